The summed E-state index contributed by atoms with van der Waals surface area (Å²) in [5, 5.41) is 0. The van der Waals surface area contributed by atoms with E-state index >= 15 is 0 Å². The minimum atomic E-state index is -0.418. The summed E-state index contributed by atoms with van der Waals surface area (Å²) in [6, 6.07) is 10.7. The molecule has 0 fully saturated rings. The monoisotopic (exact) mass is 273 g/mol. The molecular formula is C15H15NO4. The highest BCUT2D eigenvalue weighted by molar-refractivity contribution is 5.89. The Bertz CT molecular complexity index is 598. The number of carbonyl (C=O) groups excluding carboxylic acids is 1. The van der Waals surface area contributed by atoms with Gasteiger partial charge in [-0.15, -0.1) is 0 Å². The third-order valence-corrected chi connectivity index (χ3v) is 2.68. The third-order valence-electron chi connectivity index (χ3n) is 2.68. The molecule has 1 aromatic carbocycles. The van der Waals surface area contributed by atoms with Gasteiger partial charge >= 0.3 is 5.97 Å². The zero-order valence-corrected chi connectivity index (χ0v) is 11.3. The number of carbonyl (C=O) groups is 1. The predicted molar refractivity (Wildman–Crippen MR) is 72.9 cm³/mol. The Labute approximate surface area is 117 Å². The van der Waals surface area contributed by atoms with E-state index in [1.54, 1.807) is 19.2 Å². The molecule has 0 saturated carbocycles. The number of hydrogen-bond donors (Lipinski definition) is 0. The number of methoxy groups -OCH3 is 2. The van der Waals surface area contributed by atoms with Crippen molar-refractivity contribution in [1.82, 2.24) is 4.98 Å². The molecule has 5 nitrogen and oxygen atoms in total. The minimum Gasteiger partial charge on any atom is -0.497 e. The van der Waals surface area contributed by atoms with Gasteiger partial charge in [0.05, 0.1) is 19.8 Å². The maximum atomic E-state index is 11.4. The van der Waals surface area contributed by atoms with Gasteiger partial charge in [0.15, 0.2) is 0 Å². The average molecular weight is 273 g/mol. The molecule has 0 amide bonds. The van der Waals surface area contributed by atoms with Gasteiger partial charge in [-0.2, -0.15) is 0 Å². The fourth-order valence-electron chi connectivity index (χ4n) is 1.65. The van der Waals surface area contributed by atoms with E-state index in [1.807, 2.05) is 24.3 Å². The van der Waals surface area contributed by atoms with Crippen LogP contribution in [-0.4, -0.2) is 25.2 Å². The van der Waals surface area contributed by atoms with Gasteiger partial charge in [-0.3, -0.25) is 0 Å². The first-order valence-electron chi connectivity index (χ1n) is 6.03. The quantitative estimate of drug-likeness (QED) is 0.783. The molecule has 0 atom stereocenters. The van der Waals surface area contributed by atoms with E-state index < -0.39 is 5.97 Å². The van der Waals surface area contributed by atoms with Crippen molar-refractivity contribution < 1.29 is 19.0 Å². The molecule has 2 aromatic rings. The van der Waals surface area contributed by atoms with Crippen LogP contribution in [0.4, 0.5) is 0 Å². The molecule has 2 rings (SSSR count). The largest absolute Gasteiger partial charge is 0.497 e. The summed E-state index contributed by atoms with van der Waals surface area (Å²) in [5.41, 5.74) is 1.36. The first kappa shape index (κ1) is 13.9. The Kier molecular flexibility index (Phi) is 4.55. The van der Waals surface area contributed by atoms with E-state index in [9.17, 15) is 4.79 Å². The number of aromatic nitrogens is 1. The topological polar surface area (TPSA) is 57.7 Å². The van der Waals surface area contributed by atoms with Crippen LogP contribution < -0.4 is 9.47 Å². The molecule has 0 radical (unpaired) electrons. The smallest absolute Gasteiger partial charge is 0.338 e. The van der Waals surface area contributed by atoms with Crippen LogP contribution in [0.15, 0.2) is 42.6 Å². The van der Waals surface area contributed by atoms with Gasteiger partial charge < -0.3 is 14.2 Å². The lowest BCUT2D eigenvalue weighted by atomic mass is 10.2. The van der Waals surface area contributed by atoms with Crippen LogP contribution in [0, 0.1) is 0 Å². The molecule has 0 aliphatic rings. The Hall–Kier alpha value is -2.56. The van der Waals surface area contributed by atoms with Gasteiger partial charge in [-0.1, -0.05) is 12.1 Å². The Balaban J connectivity index is 2.05. The van der Waals surface area contributed by atoms with E-state index in [1.165, 1.54) is 13.3 Å². The second kappa shape index (κ2) is 6.56. The van der Waals surface area contributed by atoms with Crippen molar-refractivity contribution >= 4 is 5.97 Å². The third kappa shape index (κ3) is 3.47. The number of hydrogen-bond acceptors (Lipinski definition) is 5. The van der Waals surface area contributed by atoms with Crippen LogP contribution in [0.2, 0.25) is 0 Å². The summed E-state index contributed by atoms with van der Waals surface area (Å²) in [4.78, 5) is 15.5. The van der Waals surface area contributed by atoms with E-state index in [0.29, 0.717) is 18.1 Å². The molecule has 0 unspecified atom stereocenters. The first-order valence-corrected chi connectivity index (χ1v) is 6.03. The second-order valence-corrected chi connectivity index (χ2v) is 4.01. The van der Waals surface area contributed by atoms with Crippen molar-refractivity contribution in [2.75, 3.05) is 14.2 Å². The number of ether oxygens (including phenoxy) is 3. The number of pyridine rings is 1. The lowest BCUT2D eigenvalue weighted by Crippen LogP contribution is -2.03. The summed E-state index contributed by atoms with van der Waals surface area (Å²) in [5.74, 6) is 0.719. The molecule has 5 heteroatoms. The highest BCUT2D eigenvalue weighted by atomic mass is 16.5. The molecule has 20 heavy (non-hydrogen) atoms. The van der Waals surface area contributed by atoms with E-state index in [0.717, 1.165) is 11.3 Å². The summed E-state index contributed by atoms with van der Waals surface area (Å²) >= 11 is 0. The van der Waals surface area contributed by atoms with Gasteiger partial charge in [0.1, 0.15) is 12.4 Å². The number of rotatable bonds is 5. The molecular weight excluding hydrogens is 258 g/mol. The first-order chi connectivity index (χ1) is 9.72. The molecule has 1 heterocycles. The molecule has 104 valence electrons. The van der Waals surface area contributed by atoms with Crippen LogP contribution in [0.25, 0.3) is 0 Å². The van der Waals surface area contributed by atoms with Crippen LogP contribution in [0.3, 0.4) is 0 Å². The van der Waals surface area contributed by atoms with E-state index in [2.05, 4.69) is 9.72 Å². The molecule has 0 aliphatic heterocycles. The number of esters is 1. The predicted octanol–water partition coefficient (Wildman–Crippen LogP) is 2.46. The summed E-state index contributed by atoms with van der Waals surface area (Å²) < 4.78 is 15.3. The van der Waals surface area contributed by atoms with Gasteiger partial charge in [0.2, 0.25) is 5.88 Å². The van der Waals surface area contributed by atoms with Gasteiger partial charge in [0, 0.05) is 12.3 Å². The van der Waals surface area contributed by atoms with Crippen LogP contribution in [0.1, 0.15) is 15.9 Å². The molecule has 0 bridgehead atoms. The Morgan fingerprint density at radius 3 is 2.80 bits per heavy atom. The summed E-state index contributed by atoms with van der Waals surface area (Å²) in [6.07, 6.45) is 1.51. The van der Waals surface area contributed by atoms with Crippen LogP contribution in [-0.2, 0) is 11.3 Å². The van der Waals surface area contributed by atoms with Crippen molar-refractivity contribution in [2.45, 2.75) is 6.61 Å². The lowest BCUT2D eigenvalue weighted by molar-refractivity contribution is 0.0600. The highest BCUT2D eigenvalue weighted by Crippen LogP contribution is 2.16. The van der Waals surface area contributed by atoms with Crippen molar-refractivity contribution in [3.8, 4) is 11.6 Å². The SMILES string of the molecule is COC(=O)c1ccnc(OCc2cccc(OC)c2)c1. The average Bonchev–Trinajstić information content (AvgIpc) is 2.52. The van der Waals surface area contributed by atoms with Crippen molar-refractivity contribution in [3.63, 3.8) is 0 Å². The van der Waals surface area contributed by atoms with Gasteiger partial charge in [-0.25, -0.2) is 9.78 Å². The molecule has 1 aromatic heterocycles. The maximum Gasteiger partial charge on any atom is 0.338 e. The van der Waals surface area contributed by atoms with Gasteiger partial charge in [0.25, 0.3) is 0 Å². The fourth-order valence-corrected chi connectivity index (χ4v) is 1.65. The zero-order chi connectivity index (χ0) is 14.4. The van der Waals surface area contributed by atoms with Crippen LogP contribution in [0.5, 0.6) is 11.6 Å². The molecule has 0 spiro atoms. The number of nitrogens with zero attached hydrogens (tertiary/aromatic N) is 1. The minimum absolute atomic E-state index is 0.342. The van der Waals surface area contributed by atoms with E-state index in [4.69, 9.17) is 9.47 Å². The van der Waals surface area contributed by atoms with E-state index in [-0.39, 0.29) is 0 Å². The zero-order valence-electron chi connectivity index (χ0n) is 11.3. The second-order valence-electron chi connectivity index (χ2n) is 4.01. The Morgan fingerprint density at radius 2 is 2.05 bits per heavy atom. The van der Waals surface area contributed by atoms with Crippen molar-refractivity contribution in [1.29, 1.82) is 0 Å². The number of benzene rings is 1. The van der Waals surface area contributed by atoms with Crippen LogP contribution >= 0.6 is 0 Å². The Morgan fingerprint density at radius 1 is 1.20 bits per heavy atom. The molecule has 0 aliphatic carbocycles. The van der Waals surface area contributed by atoms with Crippen molar-refractivity contribution in [3.05, 3.63) is 53.7 Å². The standard InChI is InChI=1S/C15H15NO4/c1-18-13-5-3-4-11(8-13)10-20-14-9-12(6-7-16-14)15(17)19-2/h3-9H,10H2,1-2H3. The molecule has 0 N–H and O–H groups in total. The highest BCUT2D eigenvalue weighted by Gasteiger charge is 2.07. The van der Waals surface area contributed by atoms with Crippen molar-refractivity contribution in [2.24, 2.45) is 0 Å². The normalized spacial score (nSPS) is 9.90. The lowest BCUT2D eigenvalue weighted by Gasteiger charge is -2.07. The summed E-state index contributed by atoms with van der Waals surface area (Å²) in [6.45, 7) is 0.342. The van der Waals surface area contributed by atoms with Gasteiger partial charge in [-0.05, 0) is 23.8 Å². The molecule has 0 saturated heterocycles. The fraction of sp³-hybridized carbons (Fsp3) is 0.200. The maximum absolute atomic E-state index is 11.4. The summed E-state index contributed by atoms with van der Waals surface area (Å²) in [7, 11) is 2.95.